The van der Waals surface area contributed by atoms with Crippen LogP contribution in [0.3, 0.4) is 0 Å². The van der Waals surface area contributed by atoms with E-state index in [0.29, 0.717) is 16.6 Å². The van der Waals surface area contributed by atoms with E-state index in [1.165, 1.54) is 11.3 Å². The van der Waals surface area contributed by atoms with Crippen molar-refractivity contribution in [3.05, 3.63) is 39.4 Å². The summed E-state index contributed by atoms with van der Waals surface area (Å²) in [5, 5.41) is 6.97. The third-order valence-corrected chi connectivity index (χ3v) is 4.41. The summed E-state index contributed by atoms with van der Waals surface area (Å²) in [5.74, 6) is 1.29. The SMILES string of the molecule is COc1cc(Cl)c(C)cc1Nc1nc(Cl)nc2sccc12. The highest BCUT2D eigenvalue weighted by Gasteiger charge is 2.12. The average molecular weight is 340 g/mol. The Bertz CT molecular complexity index is 819. The average Bonchev–Trinajstić information content (AvgIpc) is 2.90. The molecule has 0 spiro atoms. The molecule has 0 fully saturated rings. The van der Waals surface area contributed by atoms with Crippen LogP contribution in [0.25, 0.3) is 10.2 Å². The molecule has 1 N–H and O–H groups in total. The Hall–Kier alpha value is -1.56. The molecule has 1 aromatic carbocycles. The maximum absolute atomic E-state index is 6.12. The van der Waals surface area contributed by atoms with Crippen molar-refractivity contribution in [3.63, 3.8) is 0 Å². The number of halogens is 2. The van der Waals surface area contributed by atoms with E-state index in [1.54, 1.807) is 13.2 Å². The molecule has 21 heavy (non-hydrogen) atoms. The molecule has 0 atom stereocenters. The molecular weight excluding hydrogens is 329 g/mol. The number of hydrogen-bond acceptors (Lipinski definition) is 5. The largest absolute Gasteiger partial charge is 0.495 e. The van der Waals surface area contributed by atoms with Crippen LogP contribution < -0.4 is 10.1 Å². The zero-order chi connectivity index (χ0) is 15.0. The topological polar surface area (TPSA) is 47.0 Å². The molecule has 0 saturated heterocycles. The molecule has 2 aromatic heterocycles. The fourth-order valence-electron chi connectivity index (χ4n) is 1.98. The van der Waals surface area contributed by atoms with E-state index in [9.17, 15) is 0 Å². The van der Waals surface area contributed by atoms with Gasteiger partial charge in [0.1, 0.15) is 16.4 Å². The lowest BCUT2D eigenvalue weighted by Crippen LogP contribution is -1.99. The highest BCUT2D eigenvalue weighted by molar-refractivity contribution is 7.16. The normalized spacial score (nSPS) is 10.9. The number of nitrogens with one attached hydrogen (secondary N) is 1. The summed E-state index contributed by atoms with van der Waals surface area (Å²) < 4.78 is 5.36. The van der Waals surface area contributed by atoms with E-state index >= 15 is 0 Å². The summed E-state index contributed by atoms with van der Waals surface area (Å²) in [6.07, 6.45) is 0. The first kappa shape index (κ1) is 14.4. The standard InChI is InChI=1S/C14H11Cl2N3OS/c1-7-5-10(11(20-2)6-9(7)15)17-12-8-3-4-21-13(8)19-14(16)18-12/h3-6H,1-2H3,(H,17,18,19). The van der Waals surface area contributed by atoms with Crippen molar-refractivity contribution in [1.82, 2.24) is 9.97 Å². The molecule has 3 rings (SSSR count). The molecule has 7 heteroatoms. The number of benzene rings is 1. The summed E-state index contributed by atoms with van der Waals surface area (Å²) in [4.78, 5) is 9.29. The van der Waals surface area contributed by atoms with Crippen LogP contribution in [-0.2, 0) is 0 Å². The van der Waals surface area contributed by atoms with Crippen LogP contribution in [0.5, 0.6) is 5.75 Å². The van der Waals surface area contributed by atoms with Gasteiger partial charge in [-0.2, -0.15) is 4.98 Å². The number of thiophene rings is 1. The zero-order valence-electron chi connectivity index (χ0n) is 11.3. The number of anilines is 2. The number of fused-ring (bicyclic) bond motifs is 1. The predicted molar refractivity (Wildman–Crippen MR) is 88.4 cm³/mol. The minimum absolute atomic E-state index is 0.206. The summed E-state index contributed by atoms with van der Waals surface area (Å²) in [6.45, 7) is 1.93. The summed E-state index contributed by atoms with van der Waals surface area (Å²) in [5.41, 5.74) is 1.73. The highest BCUT2D eigenvalue weighted by Crippen LogP contribution is 2.35. The first-order chi connectivity index (χ1) is 10.1. The second kappa shape index (κ2) is 5.67. The van der Waals surface area contributed by atoms with Gasteiger partial charge in [-0.25, -0.2) is 4.98 Å². The van der Waals surface area contributed by atoms with Crippen LogP contribution in [0, 0.1) is 6.92 Å². The van der Waals surface area contributed by atoms with Gasteiger partial charge in [-0.15, -0.1) is 11.3 Å². The first-order valence-corrected chi connectivity index (χ1v) is 7.74. The Morgan fingerprint density at radius 3 is 2.81 bits per heavy atom. The number of nitrogens with zero attached hydrogens (tertiary/aromatic N) is 2. The first-order valence-electron chi connectivity index (χ1n) is 6.10. The minimum atomic E-state index is 0.206. The Kier molecular flexibility index (Phi) is 3.89. The van der Waals surface area contributed by atoms with E-state index < -0.39 is 0 Å². The summed E-state index contributed by atoms with van der Waals surface area (Å²) in [7, 11) is 1.60. The van der Waals surface area contributed by atoms with Gasteiger partial charge in [0.25, 0.3) is 0 Å². The number of methoxy groups -OCH3 is 1. The van der Waals surface area contributed by atoms with E-state index in [4.69, 9.17) is 27.9 Å². The predicted octanol–water partition coefficient (Wildman–Crippen LogP) is 5.06. The fourth-order valence-corrected chi connectivity index (χ4v) is 3.12. The smallest absolute Gasteiger partial charge is 0.225 e. The van der Waals surface area contributed by atoms with Crippen molar-refractivity contribution >= 4 is 56.3 Å². The molecule has 0 amide bonds. The third-order valence-electron chi connectivity index (χ3n) is 3.03. The van der Waals surface area contributed by atoms with Gasteiger partial charge < -0.3 is 10.1 Å². The summed E-state index contributed by atoms with van der Waals surface area (Å²) in [6, 6.07) is 5.64. The molecule has 0 aliphatic heterocycles. The number of aryl methyl sites for hydroxylation is 1. The molecule has 0 saturated carbocycles. The van der Waals surface area contributed by atoms with Gasteiger partial charge in [-0.1, -0.05) is 11.6 Å². The maximum Gasteiger partial charge on any atom is 0.225 e. The lowest BCUT2D eigenvalue weighted by molar-refractivity contribution is 0.416. The maximum atomic E-state index is 6.12. The zero-order valence-corrected chi connectivity index (χ0v) is 13.6. The van der Waals surface area contributed by atoms with Gasteiger partial charge in [0.15, 0.2) is 0 Å². The van der Waals surface area contributed by atoms with Crippen LogP contribution in [0.15, 0.2) is 23.6 Å². The van der Waals surface area contributed by atoms with E-state index in [0.717, 1.165) is 21.5 Å². The van der Waals surface area contributed by atoms with Crippen molar-refractivity contribution in [3.8, 4) is 5.75 Å². The van der Waals surface area contributed by atoms with Gasteiger partial charge in [-0.3, -0.25) is 0 Å². The van der Waals surface area contributed by atoms with Gasteiger partial charge in [0, 0.05) is 11.1 Å². The van der Waals surface area contributed by atoms with Crippen molar-refractivity contribution in [2.75, 3.05) is 12.4 Å². The van der Waals surface area contributed by atoms with Gasteiger partial charge in [0.05, 0.1) is 18.2 Å². The second-order valence-electron chi connectivity index (χ2n) is 4.41. The quantitative estimate of drug-likeness (QED) is 0.677. The second-order valence-corrected chi connectivity index (χ2v) is 6.05. The van der Waals surface area contributed by atoms with Gasteiger partial charge in [-0.05, 0) is 41.6 Å². The van der Waals surface area contributed by atoms with Gasteiger partial charge in [0.2, 0.25) is 5.28 Å². The van der Waals surface area contributed by atoms with E-state index in [2.05, 4.69) is 15.3 Å². The van der Waals surface area contributed by atoms with Crippen LogP contribution in [0.1, 0.15) is 5.56 Å². The van der Waals surface area contributed by atoms with Crippen LogP contribution in [0.2, 0.25) is 10.3 Å². The van der Waals surface area contributed by atoms with Crippen LogP contribution >= 0.6 is 34.5 Å². The molecule has 0 aliphatic carbocycles. The molecule has 2 heterocycles. The van der Waals surface area contributed by atoms with Crippen LogP contribution in [0.4, 0.5) is 11.5 Å². The molecule has 0 bridgehead atoms. The molecule has 0 aliphatic rings. The van der Waals surface area contributed by atoms with Crippen molar-refractivity contribution < 1.29 is 4.74 Å². The number of ether oxygens (including phenoxy) is 1. The van der Waals surface area contributed by atoms with Crippen molar-refractivity contribution in [2.45, 2.75) is 6.92 Å². The Morgan fingerprint density at radius 1 is 1.24 bits per heavy atom. The van der Waals surface area contributed by atoms with Crippen molar-refractivity contribution in [2.24, 2.45) is 0 Å². The molecule has 108 valence electrons. The van der Waals surface area contributed by atoms with Crippen molar-refractivity contribution in [1.29, 1.82) is 0 Å². The highest BCUT2D eigenvalue weighted by atomic mass is 35.5. The Balaban J connectivity index is 2.10. The minimum Gasteiger partial charge on any atom is -0.495 e. The van der Waals surface area contributed by atoms with E-state index in [1.807, 2.05) is 24.4 Å². The van der Waals surface area contributed by atoms with Gasteiger partial charge >= 0.3 is 0 Å². The van der Waals surface area contributed by atoms with E-state index in [-0.39, 0.29) is 5.28 Å². The number of hydrogen-bond donors (Lipinski definition) is 1. The monoisotopic (exact) mass is 339 g/mol. The molecule has 4 nitrogen and oxygen atoms in total. The molecule has 0 radical (unpaired) electrons. The fraction of sp³-hybridized carbons (Fsp3) is 0.143. The molecule has 0 unspecified atom stereocenters. The summed E-state index contributed by atoms with van der Waals surface area (Å²) >= 11 is 13.6. The lowest BCUT2D eigenvalue weighted by Gasteiger charge is -2.13. The Labute approximate surface area is 135 Å². The molecular formula is C14H11Cl2N3OS. The third kappa shape index (κ3) is 2.77. The molecule has 3 aromatic rings. The van der Waals surface area contributed by atoms with Crippen LogP contribution in [-0.4, -0.2) is 17.1 Å². The number of rotatable bonds is 3. The lowest BCUT2D eigenvalue weighted by atomic mass is 10.2. The Morgan fingerprint density at radius 2 is 2.05 bits per heavy atom. The number of aromatic nitrogens is 2.